The Hall–Kier alpha value is -0.0800. The van der Waals surface area contributed by atoms with Crippen molar-refractivity contribution in [3.63, 3.8) is 0 Å². The molecule has 8 heavy (non-hydrogen) atoms. The van der Waals surface area contributed by atoms with Crippen LogP contribution in [0.25, 0.3) is 0 Å². The minimum Gasteiger partial charge on any atom is -0.396 e. The zero-order valence-electron chi connectivity index (χ0n) is 5.35. The lowest BCUT2D eigenvalue weighted by molar-refractivity contribution is 0.158. The van der Waals surface area contributed by atoms with E-state index in [1.165, 1.54) is 0 Å². The highest BCUT2D eigenvalue weighted by Gasteiger charge is 2.43. The van der Waals surface area contributed by atoms with Crippen LogP contribution in [-0.4, -0.2) is 23.9 Å². The predicted molar refractivity (Wildman–Crippen MR) is 30.6 cm³/mol. The molecule has 0 radical (unpaired) electrons. The lowest BCUT2D eigenvalue weighted by atomic mass is 9.98. The van der Waals surface area contributed by atoms with Crippen LogP contribution in [-0.2, 0) is 4.74 Å². The van der Waals surface area contributed by atoms with Gasteiger partial charge in [-0.15, -0.1) is 0 Å². The summed E-state index contributed by atoms with van der Waals surface area (Å²) in [6, 6.07) is 0. The van der Waals surface area contributed by atoms with Crippen molar-refractivity contribution in [1.82, 2.24) is 0 Å². The van der Waals surface area contributed by atoms with E-state index in [9.17, 15) is 0 Å². The third-order valence-corrected chi connectivity index (χ3v) is 1.92. The average molecular weight is 116 g/mol. The van der Waals surface area contributed by atoms with Gasteiger partial charge in [0.05, 0.1) is 12.2 Å². The Morgan fingerprint density at radius 2 is 2.38 bits per heavy atom. The molecule has 1 N–H and O–H groups in total. The van der Waals surface area contributed by atoms with E-state index < -0.39 is 0 Å². The van der Waals surface area contributed by atoms with Gasteiger partial charge in [-0.1, -0.05) is 6.92 Å². The first-order valence-corrected chi connectivity index (χ1v) is 2.94. The third-order valence-electron chi connectivity index (χ3n) is 1.92. The number of aliphatic hydroxyl groups excluding tert-OH is 1. The Morgan fingerprint density at radius 1 is 1.88 bits per heavy atom. The molecule has 48 valence electrons. The van der Waals surface area contributed by atoms with Crippen LogP contribution < -0.4 is 0 Å². The summed E-state index contributed by atoms with van der Waals surface area (Å²) in [7, 11) is 0. The van der Waals surface area contributed by atoms with Crippen molar-refractivity contribution in [1.29, 1.82) is 0 Å². The second kappa shape index (κ2) is 1.71. The summed E-state index contributed by atoms with van der Waals surface area (Å²) < 4.78 is 5.09. The van der Waals surface area contributed by atoms with Crippen LogP contribution in [0.2, 0.25) is 0 Å². The summed E-state index contributed by atoms with van der Waals surface area (Å²) in [6.07, 6.45) is 0. The van der Waals surface area contributed by atoms with Crippen molar-refractivity contribution in [3.8, 4) is 0 Å². The molecular weight excluding hydrogens is 104 g/mol. The van der Waals surface area contributed by atoms with Gasteiger partial charge in [-0.3, -0.25) is 0 Å². The summed E-state index contributed by atoms with van der Waals surface area (Å²) in [5.41, 5.74) is 0.00868. The molecule has 0 saturated carbocycles. The Kier molecular flexibility index (Phi) is 1.29. The van der Waals surface area contributed by atoms with Gasteiger partial charge in [-0.05, 0) is 6.92 Å². The molecule has 0 aromatic carbocycles. The fourth-order valence-electron chi connectivity index (χ4n) is 0.591. The van der Waals surface area contributed by atoms with Gasteiger partial charge in [0.15, 0.2) is 0 Å². The quantitative estimate of drug-likeness (QED) is 0.530. The van der Waals surface area contributed by atoms with Crippen molar-refractivity contribution in [2.45, 2.75) is 19.4 Å². The smallest absolute Gasteiger partial charge is 0.0935 e. The lowest BCUT2D eigenvalue weighted by Crippen LogP contribution is -2.20. The van der Waals surface area contributed by atoms with Crippen molar-refractivity contribution in [3.05, 3.63) is 0 Å². The predicted octanol–water partition coefficient (Wildman–Crippen LogP) is 0.404. The van der Waals surface area contributed by atoms with Gasteiger partial charge in [0.25, 0.3) is 0 Å². The zero-order valence-corrected chi connectivity index (χ0v) is 5.35. The topological polar surface area (TPSA) is 32.8 Å². The minimum absolute atomic E-state index is 0.00868. The van der Waals surface area contributed by atoms with Crippen LogP contribution in [0.4, 0.5) is 0 Å². The van der Waals surface area contributed by atoms with Crippen LogP contribution in [0.15, 0.2) is 0 Å². The Morgan fingerprint density at radius 3 is 2.50 bits per heavy atom. The Labute approximate surface area is 49.5 Å². The van der Waals surface area contributed by atoms with Crippen LogP contribution in [0.1, 0.15) is 13.8 Å². The van der Waals surface area contributed by atoms with Crippen molar-refractivity contribution < 1.29 is 9.84 Å². The van der Waals surface area contributed by atoms with E-state index in [2.05, 4.69) is 0 Å². The van der Waals surface area contributed by atoms with Gasteiger partial charge in [0, 0.05) is 12.5 Å². The summed E-state index contributed by atoms with van der Waals surface area (Å²) in [4.78, 5) is 0. The molecular formula is C6H12O2. The number of ether oxygens (including phenoxy) is 1. The highest BCUT2D eigenvalue weighted by atomic mass is 16.6. The largest absolute Gasteiger partial charge is 0.396 e. The molecule has 0 aromatic heterocycles. The van der Waals surface area contributed by atoms with Gasteiger partial charge >= 0.3 is 0 Å². The number of hydrogen-bond donors (Lipinski definition) is 1. The molecule has 2 heteroatoms. The van der Waals surface area contributed by atoms with Crippen LogP contribution >= 0.6 is 0 Å². The average Bonchev–Trinajstić information content (AvgIpc) is 2.47. The molecule has 2 nitrogen and oxygen atoms in total. The maximum Gasteiger partial charge on any atom is 0.0935 e. The highest BCUT2D eigenvalue weighted by Crippen LogP contribution is 2.33. The van der Waals surface area contributed by atoms with E-state index in [1.54, 1.807) is 0 Å². The number of aliphatic hydroxyl groups is 1. The van der Waals surface area contributed by atoms with E-state index in [1.807, 2.05) is 13.8 Å². The molecule has 0 spiro atoms. The minimum atomic E-state index is 0.00868. The first kappa shape index (κ1) is 6.05. The molecule has 1 heterocycles. The van der Waals surface area contributed by atoms with Crippen molar-refractivity contribution in [2.24, 2.45) is 5.92 Å². The number of epoxide rings is 1. The van der Waals surface area contributed by atoms with Gasteiger partial charge < -0.3 is 9.84 Å². The monoisotopic (exact) mass is 116 g/mol. The fraction of sp³-hybridized carbons (Fsp3) is 1.00. The van der Waals surface area contributed by atoms with Crippen molar-refractivity contribution in [2.75, 3.05) is 13.2 Å². The maximum absolute atomic E-state index is 8.63. The maximum atomic E-state index is 8.63. The molecule has 1 rings (SSSR count). The highest BCUT2D eigenvalue weighted by molar-refractivity contribution is 4.91. The first-order chi connectivity index (χ1) is 3.69. The number of hydrogen-bond acceptors (Lipinski definition) is 2. The molecule has 1 aliphatic heterocycles. The van der Waals surface area contributed by atoms with Gasteiger partial charge in [-0.2, -0.15) is 0 Å². The van der Waals surface area contributed by atoms with E-state index in [4.69, 9.17) is 9.84 Å². The third kappa shape index (κ3) is 0.858. The molecule has 0 aromatic rings. The summed E-state index contributed by atoms with van der Waals surface area (Å²) >= 11 is 0. The van der Waals surface area contributed by atoms with Crippen LogP contribution in [0, 0.1) is 5.92 Å². The first-order valence-electron chi connectivity index (χ1n) is 2.94. The van der Waals surface area contributed by atoms with Gasteiger partial charge in [-0.25, -0.2) is 0 Å². The van der Waals surface area contributed by atoms with E-state index >= 15 is 0 Å². The molecule has 1 saturated heterocycles. The summed E-state index contributed by atoms with van der Waals surface area (Å²) in [6.45, 7) is 5.06. The Bertz CT molecular complexity index is 86.5. The second-order valence-corrected chi connectivity index (χ2v) is 2.68. The molecule has 1 aliphatic rings. The van der Waals surface area contributed by atoms with Crippen molar-refractivity contribution >= 4 is 0 Å². The van der Waals surface area contributed by atoms with E-state index in [0.29, 0.717) is 5.92 Å². The van der Waals surface area contributed by atoms with Crippen LogP contribution in [0.3, 0.4) is 0 Å². The summed E-state index contributed by atoms with van der Waals surface area (Å²) in [5.74, 6) is 0.294. The molecule has 0 bridgehead atoms. The molecule has 2 atom stereocenters. The standard InChI is InChI=1S/C6H12O2/c1-5(3-7)6(2)4-8-6/h5,7H,3-4H2,1-2H3. The molecule has 0 aliphatic carbocycles. The zero-order chi connectivity index (χ0) is 6.20. The normalized spacial score (nSPS) is 39.4. The van der Waals surface area contributed by atoms with E-state index in [0.717, 1.165) is 6.61 Å². The van der Waals surface area contributed by atoms with Gasteiger partial charge in [0.2, 0.25) is 0 Å². The number of rotatable bonds is 2. The Balaban J connectivity index is 2.34. The molecule has 2 unspecified atom stereocenters. The van der Waals surface area contributed by atoms with E-state index in [-0.39, 0.29) is 12.2 Å². The molecule has 0 amide bonds. The van der Waals surface area contributed by atoms with Crippen LogP contribution in [0.5, 0.6) is 0 Å². The SMILES string of the molecule is CC(CO)C1(C)CO1. The summed E-state index contributed by atoms with van der Waals surface area (Å²) in [5, 5.41) is 8.63. The fourth-order valence-corrected chi connectivity index (χ4v) is 0.591. The second-order valence-electron chi connectivity index (χ2n) is 2.68. The van der Waals surface area contributed by atoms with Gasteiger partial charge in [0.1, 0.15) is 0 Å². The molecule has 1 fully saturated rings. The lowest BCUT2D eigenvalue weighted by Gasteiger charge is -2.10.